The van der Waals surface area contributed by atoms with E-state index >= 15 is 0 Å². The van der Waals surface area contributed by atoms with E-state index in [1.165, 1.54) is 16.7 Å². The van der Waals surface area contributed by atoms with Crippen molar-refractivity contribution in [3.8, 4) is 5.75 Å². The van der Waals surface area contributed by atoms with E-state index in [1.807, 2.05) is 24.3 Å². The van der Waals surface area contributed by atoms with E-state index in [0.29, 0.717) is 13.0 Å². The zero-order valence-electron chi connectivity index (χ0n) is 11.9. The van der Waals surface area contributed by atoms with Gasteiger partial charge in [-0.2, -0.15) is 0 Å². The van der Waals surface area contributed by atoms with Crippen LogP contribution < -0.4 is 4.74 Å². The molecule has 6 heteroatoms. The lowest BCUT2D eigenvalue weighted by Gasteiger charge is -2.32. The van der Waals surface area contributed by atoms with Crippen molar-refractivity contribution < 1.29 is 19.4 Å². The van der Waals surface area contributed by atoms with Gasteiger partial charge < -0.3 is 14.7 Å². The molecule has 1 aromatic carbocycles. The number of carbonyl (C=O) groups excluding carboxylic acids is 1. The maximum absolute atomic E-state index is 12.2. The molecule has 1 aliphatic rings. The zero-order valence-corrected chi connectivity index (χ0v) is 12.8. The molecule has 1 aromatic rings. The van der Waals surface area contributed by atoms with Crippen LogP contribution in [0.25, 0.3) is 0 Å². The summed E-state index contributed by atoms with van der Waals surface area (Å²) in [7, 11) is 1.61. The van der Waals surface area contributed by atoms with Crippen LogP contribution in [0, 0.1) is 0 Å². The Hall–Kier alpha value is -1.69. The van der Waals surface area contributed by atoms with E-state index in [9.17, 15) is 14.7 Å². The van der Waals surface area contributed by atoms with Crippen LogP contribution in [0.2, 0.25) is 0 Å². The minimum atomic E-state index is -0.905. The number of methoxy groups -OCH3 is 1. The SMILES string of the molecule is COc1ccc(SCC(=O)N2CCCCC2C(=O)O)cc1. The summed E-state index contributed by atoms with van der Waals surface area (Å²) in [4.78, 5) is 25.9. The van der Waals surface area contributed by atoms with Gasteiger partial charge in [0.2, 0.25) is 5.91 Å². The number of nitrogens with zero attached hydrogens (tertiary/aromatic N) is 1. The highest BCUT2D eigenvalue weighted by Gasteiger charge is 2.31. The van der Waals surface area contributed by atoms with Crippen molar-refractivity contribution >= 4 is 23.6 Å². The molecule has 1 fully saturated rings. The summed E-state index contributed by atoms with van der Waals surface area (Å²) in [5, 5.41) is 9.19. The maximum atomic E-state index is 12.2. The maximum Gasteiger partial charge on any atom is 0.326 e. The summed E-state index contributed by atoms with van der Waals surface area (Å²) in [6, 6.07) is 6.80. The first-order valence-electron chi connectivity index (χ1n) is 6.91. The molecule has 114 valence electrons. The van der Waals surface area contributed by atoms with Crippen molar-refractivity contribution in [2.45, 2.75) is 30.2 Å². The number of thioether (sulfide) groups is 1. The van der Waals surface area contributed by atoms with Crippen molar-refractivity contribution in [2.24, 2.45) is 0 Å². The third kappa shape index (κ3) is 4.14. The fourth-order valence-electron chi connectivity index (χ4n) is 2.39. The van der Waals surface area contributed by atoms with Crippen LogP contribution in [0.15, 0.2) is 29.2 Å². The summed E-state index contributed by atoms with van der Waals surface area (Å²) in [5.74, 6) is 0.0175. The average molecular weight is 309 g/mol. The lowest BCUT2D eigenvalue weighted by atomic mass is 10.0. The molecule has 1 amide bonds. The van der Waals surface area contributed by atoms with E-state index in [0.717, 1.165) is 23.5 Å². The van der Waals surface area contributed by atoms with Crippen molar-refractivity contribution in [2.75, 3.05) is 19.4 Å². The van der Waals surface area contributed by atoms with Crippen molar-refractivity contribution in [3.63, 3.8) is 0 Å². The van der Waals surface area contributed by atoms with Crippen LogP contribution in [0.1, 0.15) is 19.3 Å². The Labute approximate surface area is 128 Å². The third-order valence-corrected chi connectivity index (χ3v) is 4.53. The van der Waals surface area contributed by atoms with Gasteiger partial charge in [-0.1, -0.05) is 0 Å². The van der Waals surface area contributed by atoms with Gasteiger partial charge in [-0.05, 0) is 43.5 Å². The second-order valence-corrected chi connectivity index (χ2v) is 5.95. The van der Waals surface area contributed by atoms with Gasteiger partial charge in [-0.25, -0.2) is 4.79 Å². The monoisotopic (exact) mass is 309 g/mol. The fourth-order valence-corrected chi connectivity index (χ4v) is 3.17. The first-order valence-corrected chi connectivity index (χ1v) is 7.89. The Morgan fingerprint density at radius 3 is 2.67 bits per heavy atom. The molecule has 0 radical (unpaired) electrons. The minimum absolute atomic E-state index is 0.108. The highest BCUT2D eigenvalue weighted by Crippen LogP contribution is 2.23. The first-order chi connectivity index (χ1) is 10.1. The normalized spacial score (nSPS) is 18.3. The summed E-state index contributed by atoms with van der Waals surface area (Å²) in [6.07, 6.45) is 2.30. The van der Waals surface area contributed by atoms with Gasteiger partial charge in [-0.15, -0.1) is 11.8 Å². The molecule has 1 atom stereocenters. The van der Waals surface area contributed by atoms with Crippen LogP contribution in [0.5, 0.6) is 5.75 Å². The number of carboxylic acid groups (broad SMARTS) is 1. The second kappa shape index (κ2) is 7.36. The Morgan fingerprint density at radius 1 is 1.33 bits per heavy atom. The van der Waals surface area contributed by atoms with Gasteiger partial charge in [0.05, 0.1) is 12.9 Å². The highest BCUT2D eigenvalue weighted by atomic mass is 32.2. The number of piperidine rings is 1. The average Bonchev–Trinajstić information content (AvgIpc) is 2.53. The van der Waals surface area contributed by atoms with Crippen LogP contribution >= 0.6 is 11.8 Å². The Balaban J connectivity index is 1.91. The molecule has 1 aliphatic heterocycles. The summed E-state index contributed by atoms with van der Waals surface area (Å²) in [6.45, 7) is 0.541. The molecule has 1 heterocycles. The largest absolute Gasteiger partial charge is 0.497 e. The topological polar surface area (TPSA) is 66.8 Å². The lowest BCUT2D eigenvalue weighted by Crippen LogP contribution is -2.48. The Morgan fingerprint density at radius 2 is 2.05 bits per heavy atom. The number of rotatable bonds is 5. The number of ether oxygens (including phenoxy) is 1. The van der Waals surface area contributed by atoms with Gasteiger partial charge in [0, 0.05) is 11.4 Å². The molecule has 0 aliphatic carbocycles. The second-order valence-electron chi connectivity index (χ2n) is 4.90. The molecule has 0 saturated carbocycles. The fraction of sp³-hybridized carbons (Fsp3) is 0.467. The third-order valence-electron chi connectivity index (χ3n) is 3.53. The molecule has 5 nitrogen and oxygen atoms in total. The molecule has 2 rings (SSSR count). The van der Waals surface area contributed by atoms with Crippen LogP contribution in [0.3, 0.4) is 0 Å². The summed E-state index contributed by atoms with van der Waals surface area (Å²) < 4.78 is 5.08. The van der Waals surface area contributed by atoms with E-state index in [4.69, 9.17) is 4.74 Å². The summed E-state index contributed by atoms with van der Waals surface area (Å²) in [5.41, 5.74) is 0. The van der Waals surface area contributed by atoms with E-state index in [2.05, 4.69) is 0 Å². The van der Waals surface area contributed by atoms with Gasteiger partial charge in [0.1, 0.15) is 11.8 Å². The number of hydrogen-bond donors (Lipinski definition) is 1. The van der Waals surface area contributed by atoms with Gasteiger partial charge in [0.25, 0.3) is 0 Å². The molecular weight excluding hydrogens is 290 g/mol. The van der Waals surface area contributed by atoms with Crippen molar-refractivity contribution in [1.29, 1.82) is 0 Å². The number of aliphatic carboxylic acids is 1. The predicted molar refractivity (Wildman–Crippen MR) is 80.7 cm³/mol. The number of benzene rings is 1. The number of carbonyl (C=O) groups is 2. The molecule has 1 saturated heterocycles. The van der Waals surface area contributed by atoms with Gasteiger partial charge in [-0.3, -0.25) is 4.79 Å². The lowest BCUT2D eigenvalue weighted by molar-refractivity contribution is -0.150. The molecule has 21 heavy (non-hydrogen) atoms. The summed E-state index contributed by atoms with van der Waals surface area (Å²) >= 11 is 1.42. The quantitative estimate of drug-likeness (QED) is 0.845. The Bertz CT molecular complexity index is 503. The van der Waals surface area contributed by atoms with E-state index in [-0.39, 0.29) is 11.7 Å². The van der Waals surface area contributed by atoms with E-state index < -0.39 is 12.0 Å². The standard InChI is InChI=1S/C15H19NO4S/c1-20-11-5-7-12(8-6-11)21-10-14(17)16-9-3-2-4-13(16)15(18)19/h5-8,13H,2-4,9-10H2,1H3,(H,18,19). The van der Waals surface area contributed by atoms with E-state index in [1.54, 1.807) is 7.11 Å². The molecule has 0 spiro atoms. The number of hydrogen-bond acceptors (Lipinski definition) is 4. The minimum Gasteiger partial charge on any atom is -0.497 e. The predicted octanol–water partition coefficient (Wildman–Crippen LogP) is 2.25. The first kappa shape index (κ1) is 15.7. The van der Waals surface area contributed by atoms with Gasteiger partial charge >= 0.3 is 5.97 Å². The number of carboxylic acids is 1. The molecule has 1 N–H and O–H groups in total. The zero-order chi connectivity index (χ0) is 15.2. The Kier molecular flexibility index (Phi) is 5.50. The van der Waals surface area contributed by atoms with Crippen molar-refractivity contribution in [3.05, 3.63) is 24.3 Å². The van der Waals surface area contributed by atoms with Crippen LogP contribution in [-0.4, -0.2) is 47.3 Å². The van der Waals surface area contributed by atoms with Crippen LogP contribution in [-0.2, 0) is 9.59 Å². The molecular formula is C15H19NO4S. The number of amides is 1. The number of likely N-dealkylation sites (tertiary alicyclic amines) is 1. The highest BCUT2D eigenvalue weighted by molar-refractivity contribution is 8.00. The smallest absolute Gasteiger partial charge is 0.326 e. The molecule has 0 bridgehead atoms. The van der Waals surface area contributed by atoms with Crippen LogP contribution in [0.4, 0.5) is 0 Å². The van der Waals surface area contributed by atoms with Gasteiger partial charge in [0.15, 0.2) is 0 Å². The van der Waals surface area contributed by atoms with Crippen molar-refractivity contribution in [1.82, 2.24) is 4.90 Å². The molecule has 1 unspecified atom stereocenters. The molecule has 0 aromatic heterocycles.